The molecule has 0 fully saturated rings. The number of aryl methyl sites for hydroxylation is 2. The van der Waals surface area contributed by atoms with Crippen LogP contribution in [-0.4, -0.2) is 19.5 Å². The number of furan rings is 1. The monoisotopic (exact) mass is 381 g/mol. The zero-order chi connectivity index (χ0) is 18.7. The summed E-state index contributed by atoms with van der Waals surface area (Å²) in [5, 5.41) is 17.2. The van der Waals surface area contributed by atoms with Crippen molar-refractivity contribution >= 4 is 28.2 Å². The molecular weight excluding hydrogens is 370 g/mol. The Bertz CT molecular complexity index is 1330. The van der Waals surface area contributed by atoms with Gasteiger partial charge in [-0.05, 0) is 31.2 Å². The average molecular weight is 382 g/mol. The van der Waals surface area contributed by atoms with E-state index in [-0.39, 0.29) is 11.7 Å². The van der Waals surface area contributed by atoms with Crippen LogP contribution in [-0.2, 0) is 0 Å². The minimum absolute atomic E-state index is 0.246. The van der Waals surface area contributed by atoms with E-state index in [1.807, 2.05) is 13.0 Å². The predicted octanol–water partition coefficient (Wildman–Crippen LogP) is 3.70. The number of rotatable bonds is 2. The lowest BCUT2D eigenvalue weighted by Gasteiger charge is -2.09. The van der Waals surface area contributed by atoms with E-state index in [0.29, 0.717) is 38.7 Å². The molecule has 0 atom stereocenters. The van der Waals surface area contributed by atoms with Crippen LogP contribution in [0.15, 0.2) is 45.6 Å². The molecule has 0 bridgehead atoms. The topological polar surface area (TPSA) is 96.3 Å². The van der Waals surface area contributed by atoms with E-state index in [0.717, 1.165) is 10.5 Å². The van der Waals surface area contributed by atoms with E-state index >= 15 is 0 Å². The lowest BCUT2D eigenvalue weighted by molar-refractivity contribution is -0.583. The predicted molar refractivity (Wildman–Crippen MR) is 97.1 cm³/mol. The second-order valence-electron chi connectivity index (χ2n) is 6.13. The lowest BCUT2D eigenvalue weighted by Crippen LogP contribution is -2.32. The fourth-order valence-corrected chi connectivity index (χ4v) is 3.42. The maximum absolute atomic E-state index is 12.8. The maximum atomic E-state index is 12.8. The summed E-state index contributed by atoms with van der Waals surface area (Å²) in [5.41, 5.74) is 2.48. The molecule has 5 rings (SSSR count). The number of nitrogens with zero attached hydrogens (tertiary/aromatic N) is 5. The molecule has 0 spiro atoms. The summed E-state index contributed by atoms with van der Waals surface area (Å²) in [5.74, 6) is 1.73. The van der Waals surface area contributed by atoms with Gasteiger partial charge in [0.2, 0.25) is 11.5 Å². The van der Waals surface area contributed by atoms with Crippen molar-refractivity contribution in [3.05, 3.63) is 58.3 Å². The van der Waals surface area contributed by atoms with E-state index < -0.39 is 0 Å². The van der Waals surface area contributed by atoms with Gasteiger partial charge < -0.3 is 14.1 Å². The third-order valence-corrected chi connectivity index (χ3v) is 4.74. The molecular formula is C18H12ClN5O3. The SMILES string of the molecule is Cc1ccc(-c2nc(-c3ncn4c3c(C)[n+]([O-])c3c(Cl)cccc34)no2)o1. The normalized spacial score (nSPS) is 11.7. The molecule has 27 heavy (non-hydrogen) atoms. The number of imidazole rings is 1. The van der Waals surface area contributed by atoms with Crippen molar-refractivity contribution in [2.45, 2.75) is 13.8 Å². The minimum Gasteiger partial charge on any atom is -0.618 e. The van der Waals surface area contributed by atoms with Gasteiger partial charge >= 0.3 is 0 Å². The molecule has 0 saturated carbocycles. The number of aromatic nitrogens is 5. The smallest absolute Gasteiger partial charge is 0.293 e. The first kappa shape index (κ1) is 15.8. The Morgan fingerprint density at radius 2 is 2.04 bits per heavy atom. The number of para-hydroxylation sites is 1. The van der Waals surface area contributed by atoms with Crippen molar-refractivity contribution < 1.29 is 13.7 Å². The second-order valence-corrected chi connectivity index (χ2v) is 6.54. The lowest BCUT2D eigenvalue weighted by atomic mass is 10.2. The fourth-order valence-electron chi connectivity index (χ4n) is 3.17. The Labute approximate surface area is 157 Å². The van der Waals surface area contributed by atoms with Gasteiger partial charge in [0.15, 0.2) is 5.76 Å². The number of benzene rings is 1. The first-order valence-electron chi connectivity index (χ1n) is 8.13. The van der Waals surface area contributed by atoms with E-state index in [1.165, 1.54) is 0 Å². The highest BCUT2D eigenvalue weighted by atomic mass is 35.5. The molecule has 0 N–H and O–H groups in total. The molecule has 0 amide bonds. The summed E-state index contributed by atoms with van der Waals surface area (Å²) in [6, 6.07) is 8.83. The van der Waals surface area contributed by atoms with Gasteiger partial charge in [-0.2, -0.15) is 9.71 Å². The molecule has 0 aliphatic rings. The Kier molecular flexibility index (Phi) is 3.26. The highest BCUT2D eigenvalue weighted by molar-refractivity contribution is 6.34. The first-order chi connectivity index (χ1) is 13.0. The third-order valence-electron chi connectivity index (χ3n) is 4.43. The van der Waals surface area contributed by atoms with Crippen molar-refractivity contribution in [3.8, 4) is 23.2 Å². The summed E-state index contributed by atoms with van der Waals surface area (Å²) in [7, 11) is 0. The van der Waals surface area contributed by atoms with Crippen LogP contribution < -0.4 is 4.73 Å². The van der Waals surface area contributed by atoms with Crippen LogP contribution in [0.25, 0.3) is 39.7 Å². The third kappa shape index (κ3) is 2.23. The average Bonchev–Trinajstić information content (AvgIpc) is 3.37. The number of hydrogen-bond acceptors (Lipinski definition) is 6. The summed E-state index contributed by atoms with van der Waals surface area (Å²) in [4.78, 5) is 8.78. The summed E-state index contributed by atoms with van der Waals surface area (Å²) < 4.78 is 13.4. The van der Waals surface area contributed by atoms with Crippen molar-refractivity contribution in [2.75, 3.05) is 0 Å². The highest BCUT2D eigenvalue weighted by Crippen LogP contribution is 2.29. The maximum Gasteiger partial charge on any atom is 0.293 e. The molecule has 8 nitrogen and oxygen atoms in total. The first-order valence-corrected chi connectivity index (χ1v) is 8.50. The van der Waals surface area contributed by atoms with Gasteiger partial charge in [0.05, 0.1) is 0 Å². The van der Waals surface area contributed by atoms with Crippen LogP contribution in [0.5, 0.6) is 0 Å². The van der Waals surface area contributed by atoms with Crippen LogP contribution in [0.2, 0.25) is 5.02 Å². The zero-order valence-corrected chi connectivity index (χ0v) is 15.1. The van der Waals surface area contributed by atoms with Crippen LogP contribution in [0, 0.1) is 19.1 Å². The van der Waals surface area contributed by atoms with Crippen molar-refractivity contribution in [1.82, 2.24) is 19.5 Å². The van der Waals surface area contributed by atoms with Gasteiger partial charge in [-0.25, -0.2) is 4.98 Å². The molecule has 0 saturated heterocycles. The standard InChI is InChI=1S/C18H12ClN5O3/c1-9-6-7-13(26-9)18-21-17(22-27-18)14-15-10(2)24(25)16-11(19)4-3-5-12(16)23(15)8-20-14/h3-8H,1-2H3. The molecule has 9 heteroatoms. The van der Waals surface area contributed by atoms with Gasteiger partial charge in [-0.15, -0.1) is 0 Å². The molecule has 0 aliphatic heterocycles. The van der Waals surface area contributed by atoms with Gasteiger partial charge in [-0.1, -0.05) is 22.8 Å². The Morgan fingerprint density at radius 3 is 2.81 bits per heavy atom. The van der Waals surface area contributed by atoms with Crippen LogP contribution >= 0.6 is 11.6 Å². The molecule has 1 aromatic carbocycles. The van der Waals surface area contributed by atoms with E-state index in [4.69, 9.17) is 20.5 Å². The van der Waals surface area contributed by atoms with Gasteiger partial charge in [0.25, 0.3) is 11.4 Å². The van der Waals surface area contributed by atoms with Crippen LogP contribution in [0.3, 0.4) is 0 Å². The van der Waals surface area contributed by atoms with Crippen molar-refractivity contribution in [2.24, 2.45) is 0 Å². The number of fused-ring (bicyclic) bond motifs is 3. The van der Waals surface area contributed by atoms with Crippen molar-refractivity contribution in [1.29, 1.82) is 0 Å². The quantitative estimate of drug-likeness (QED) is 0.341. The Balaban J connectivity index is 1.76. The van der Waals surface area contributed by atoms with Gasteiger partial charge in [0.1, 0.15) is 33.8 Å². The molecule has 0 aliphatic carbocycles. The fraction of sp³-hybridized carbons (Fsp3) is 0.111. The highest BCUT2D eigenvalue weighted by Gasteiger charge is 2.24. The molecule has 5 aromatic rings. The summed E-state index contributed by atoms with van der Waals surface area (Å²) >= 11 is 6.23. The Morgan fingerprint density at radius 1 is 1.19 bits per heavy atom. The van der Waals surface area contributed by atoms with E-state index in [1.54, 1.807) is 41.9 Å². The minimum atomic E-state index is 0.246. The van der Waals surface area contributed by atoms with Gasteiger partial charge in [0, 0.05) is 6.92 Å². The second kappa shape index (κ2) is 5.55. The van der Waals surface area contributed by atoms with Crippen molar-refractivity contribution in [3.63, 3.8) is 0 Å². The van der Waals surface area contributed by atoms with Crippen LogP contribution in [0.4, 0.5) is 0 Å². The number of halogens is 1. The molecule has 4 heterocycles. The molecule has 4 aromatic heterocycles. The van der Waals surface area contributed by atoms with Gasteiger partial charge in [-0.3, -0.25) is 4.40 Å². The Hall–Kier alpha value is -3.39. The molecule has 0 radical (unpaired) electrons. The molecule has 0 unspecified atom stereocenters. The summed E-state index contributed by atoms with van der Waals surface area (Å²) in [6.45, 7) is 3.53. The summed E-state index contributed by atoms with van der Waals surface area (Å²) in [6.07, 6.45) is 1.61. The number of hydrogen-bond donors (Lipinski definition) is 0. The van der Waals surface area contributed by atoms with E-state index in [9.17, 15) is 5.21 Å². The largest absolute Gasteiger partial charge is 0.618 e. The van der Waals surface area contributed by atoms with E-state index in [2.05, 4.69) is 15.1 Å². The zero-order valence-electron chi connectivity index (χ0n) is 14.3. The molecule has 134 valence electrons. The van der Waals surface area contributed by atoms with Crippen LogP contribution in [0.1, 0.15) is 11.5 Å².